The first-order chi connectivity index (χ1) is 4.22. The summed E-state index contributed by atoms with van der Waals surface area (Å²) in [5, 5.41) is 0. The molecule has 0 aromatic rings. The van der Waals surface area contributed by atoms with E-state index < -0.39 is 5.97 Å². The first-order valence-electron chi connectivity index (χ1n) is 2.28. The molecule has 4 nitrogen and oxygen atoms in total. The van der Waals surface area contributed by atoms with Crippen molar-refractivity contribution in [1.29, 1.82) is 0 Å². The molecule has 0 atom stereocenters. The number of hydrogen-bond acceptors (Lipinski definition) is 4. The van der Waals surface area contributed by atoms with Crippen LogP contribution in [0.3, 0.4) is 0 Å². The van der Waals surface area contributed by atoms with Gasteiger partial charge in [-0.3, -0.25) is 4.79 Å². The second-order valence-corrected chi connectivity index (χ2v) is 1.25. The van der Waals surface area contributed by atoms with Crippen LogP contribution in [0.2, 0.25) is 0 Å². The van der Waals surface area contributed by atoms with E-state index in [-0.39, 0.29) is 12.2 Å². The summed E-state index contributed by atoms with van der Waals surface area (Å²) in [6.45, 7) is 1.61. The predicted octanol–water partition coefficient (Wildman–Crippen LogP) is -0.452. The fourth-order valence-electron chi connectivity index (χ4n) is 0.230. The highest BCUT2D eigenvalue weighted by Gasteiger charge is 2.02. The van der Waals surface area contributed by atoms with E-state index in [0.29, 0.717) is 0 Å². The molecule has 9 heavy (non-hydrogen) atoms. The molecule has 0 aliphatic rings. The van der Waals surface area contributed by atoms with Crippen LogP contribution >= 0.6 is 0 Å². The third-order valence-electron chi connectivity index (χ3n) is 0.702. The second kappa shape index (κ2) is 3.65. The Morgan fingerprint density at radius 2 is 2.22 bits per heavy atom. The third kappa shape index (κ3) is 2.48. The van der Waals surface area contributed by atoms with Gasteiger partial charge >= 0.3 is 12.4 Å². The summed E-state index contributed by atoms with van der Waals surface area (Å²) < 4.78 is 3.88. The van der Waals surface area contributed by atoms with Gasteiger partial charge in [0, 0.05) is 0 Å². The smallest absolute Gasteiger partial charge is 0.361 e. The third-order valence-corrected chi connectivity index (χ3v) is 0.702. The number of esters is 1. The van der Waals surface area contributed by atoms with Crippen molar-refractivity contribution in [2.45, 2.75) is 6.92 Å². The molecule has 0 aliphatic heterocycles. The van der Waals surface area contributed by atoms with Crippen LogP contribution in [0.15, 0.2) is 11.8 Å². The number of nitrogens with two attached hydrogens (primary N) is 1. The van der Waals surface area contributed by atoms with Crippen molar-refractivity contribution in [3.63, 3.8) is 0 Å². The summed E-state index contributed by atoms with van der Waals surface area (Å²) in [6, 6.07) is 0. The van der Waals surface area contributed by atoms with E-state index in [1.54, 1.807) is 6.92 Å². The molecule has 0 radical (unpaired) electrons. The van der Waals surface area contributed by atoms with Gasteiger partial charge in [-0.1, -0.05) is 6.08 Å². The highest BCUT2D eigenvalue weighted by Crippen LogP contribution is 1.84. The molecule has 0 unspecified atom stereocenters. The fraction of sp³-hybridized carbons (Fsp3) is 0.200. The SMILES string of the molecule is C/C=C(/N)C(=O)OC=O. The topological polar surface area (TPSA) is 69.4 Å². The second-order valence-electron chi connectivity index (χ2n) is 1.25. The van der Waals surface area contributed by atoms with Gasteiger partial charge in [-0.2, -0.15) is 0 Å². The summed E-state index contributed by atoms with van der Waals surface area (Å²) in [4.78, 5) is 19.8. The molecule has 0 heterocycles. The van der Waals surface area contributed by atoms with Crippen LogP contribution in [0.25, 0.3) is 0 Å². The Balaban J connectivity index is 3.88. The van der Waals surface area contributed by atoms with Crippen LogP contribution in [0.4, 0.5) is 0 Å². The van der Waals surface area contributed by atoms with E-state index in [9.17, 15) is 9.59 Å². The molecular formula is C5H7NO3. The van der Waals surface area contributed by atoms with Gasteiger partial charge in [0.25, 0.3) is 0 Å². The molecule has 0 bridgehead atoms. The molecule has 0 aliphatic carbocycles. The predicted molar refractivity (Wildman–Crippen MR) is 30.1 cm³/mol. The Labute approximate surface area is 52.3 Å². The van der Waals surface area contributed by atoms with Gasteiger partial charge in [0.05, 0.1) is 0 Å². The van der Waals surface area contributed by atoms with Crippen molar-refractivity contribution in [2.75, 3.05) is 0 Å². The Morgan fingerprint density at radius 3 is 2.56 bits per heavy atom. The number of hydrogen-bond donors (Lipinski definition) is 1. The maximum Gasteiger partial charge on any atom is 0.361 e. The number of carbonyl (C=O) groups excluding carboxylic acids is 2. The normalized spacial score (nSPS) is 10.6. The monoisotopic (exact) mass is 129 g/mol. The lowest BCUT2D eigenvalue weighted by molar-refractivity contribution is -0.148. The van der Waals surface area contributed by atoms with Gasteiger partial charge in [0.2, 0.25) is 0 Å². The summed E-state index contributed by atoms with van der Waals surface area (Å²) in [5.74, 6) is -0.813. The molecule has 0 saturated carbocycles. The van der Waals surface area contributed by atoms with Gasteiger partial charge in [0.1, 0.15) is 5.70 Å². The largest absolute Gasteiger partial charge is 0.393 e. The summed E-state index contributed by atoms with van der Waals surface area (Å²) in [6.07, 6.45) is 1.35. The maximum atomic E-state index is 10.3. The minimum Gasteiger partial charge on any atom is -0.393 e. The van der Waals surface area contributed by atoms with Gasteiger partial charge in [-0.25, -0.2) is 4.79 Å². The zero-order valence-electron chi connectivity index (χ0n) is 4.96. The molecule has 2 N–H and O–H groups in total. The Bertz CT molecular complexity index is 150. The van der Waals surface area contributed by atoms with Crippen LogP contribution in [-0.2, 0) is 14.3 Å². The Morgan fingerprint density at radius 1 is 1.67 bits per heavy atom. The minimum absolute atomic E-state index is 0.0404. The lowest BCUT2D eigenvalue weighted by Crippen LogP contribution is -2.13. The number of carbonyl (C=O) groups is 2. The molecule has 0 saturated heterocycles. The van der Waals surface area contributed by atoms with E-state index >= 15 is 0 Å². The summed E-state index contributed by atoms with van der Waals surface area (Å²) in [5.41, 5.74) is 4.96. The lowest BCUT2D eigenvalue weighted by atomic mass is 10.4. The standard InChI is InChI=1S/C5H7NO3/c1-2-4(6)5(8)9-3-7/h2-3H,6H2,1H3/b4-2+. The van der Waals surface area contributed by atoms with Gasteiger partial charge in [-0.15, -0.1) is 0 Å². The molecule has 4 heteroatoms. The van der Waals surface area contributed by atoms with Crippen molar-refractivity contribution in [3.8, 4) is 0 Å². The van der Waals surface area contributed by atoms with Crippen LogP contribution < -0.4 is 5.73 Å². The molecular weight excluding hydrogens is 122 g/mol. The summed E-state index contributed by atoms with van der Waals surface area (Å²) in [7, 11) is 0. The average Bonchev–Trinajstić information content (AvgIpc) is 1.87. The quantitative estimate of drug-likeness (QED) is 0.237. The number of rotatable bonds is 2. The van der Waals surface area contributed by atoms with E-state index in [4.69, 9.17) is 5.73 Å². The minimum atomic E-state index is -0.813. The first-order valence-corrected chi connectivity index (χ1v) is 2.28. The van der Waals surface area contributed by atoms with Gasteiger partial charge in [0.15, 0.2) is 0 Å². The zero-order valence-corrected chi connectivity index (χ0v) is 4.96. The molecule has 0 spiro atoms. The molecule has 0 rings (SSSR count). The molecule has 0 aromatic heterocycles. The van der Waals surface area contributed by atoms with Crippen molar-refractivity contribution in [2.24, 2.45) is 5.73 Å². The summed E-state index contributed by atoms with van der Waals surface area (Å²) >= 11 is 0. The number of allylic oxidation sites excluding steroid dienone is 1. The van der Waals surface area contributed by atoms with E-state index in [0.717, 1.165) is 0 Å². The van der Waals surface area contributed by atoms with Crippen molar-refractivity contribution in [1.82, 2.24) is 0 Å². The lowest BCUT2D eigenvalue weighted by Gasteiger charge is -1.92. The van der Waals surface area contributed by atoms with Crippen molar-refractivity contribution in [3.05, 3.63) is 11.8 Å². The van der Waals surface area contributed by atoms with Gasteiger partial charge < -0.3 is 10.5 Å². The van der Waals surface area contributed by atoms with E-state index in [1.807, 2.05) is 0 Å². The van der Waals surface area contributed by atoms with E-state index in [2.05, 4.69) is 4.74 Å². The zero-order chi connectivity index (χ0) is 7.28. The van der Waals surface area contributed by atoms with E-state index in [1.165, 1.54) is 6.08 Å². The highest BCUT2D eigenvalue weighted by atomic mass is 16.6. The van der Waals surface area contributed by atoms with Crippen molar-refractivity contribution >= 4 is 12.4 Å². The van der Waals surface area contributed by atoms with Crippen LogP contribution in [0.5, 0.6) is 0 Å². The average molecular weight is 129 g/mol. The molecule has 0 fully saturated rings. The van der Waals surface area contributed by atoms with Crippen molar-refractivity contribution < 1.29 is 14.3 Å². The Kier molecular flexibility index (Phi) is 3.12. The first kappa shape index (κ1) is 7.68. The van der Waals surface area contributed by atoms with Crippen LogP contribution in [-0.4, -0.2) is 12.4 Å². The van der Waals surface area contributed by atoms with Gasteiger partial charge in [-0.05, 0) is 6.92 Å². The number of ether oxygens (including phenoxy) is 1. The molecule has 50 valence electrons. The van der Waals surface area contributed by atoms with Crippen LogP contribution in [0.1, 0.15) is 6.92 Å². The molecule has 0 amide bonds. The molecule has 0 aromatic carbocycles. The van der Waals surface area contributed by atoms with Crippen LogP contribution in [0, 0.1) is 0 Å². The maximum absolute atomic E-state index is 10.3. The Hall–Kier alpha value is -1.32. The highest BCUT2D eigenvalue weighted by molar-refractivity contribution is 5.91. The fourth-order valence-corrected chi connectivity index (χ4v) is 0.230.